The number of hydrogen-bond acceptors (Lipinski definition) is 26. The summed E-state index contributed by atoms with van der Waals surface area (Å²) in [6, 6.07) is 13.9. The first kappa shape index (κ1) is 49.8. The fourth-order valence-corrected chi connectivity index (χ4v) is 9.30. The number of hydrogen-bond donors (Lipinski definition) is 10. The number of rotatable bonds is 18. The number of anilines is 2. The molecule has 6 aromatic carbocycles. The fourth-order valence-electron chi connectivity index (χ4n) is 5.93. The smallest absolute Gasteiger partial charge is 0.296 e. The Bertz CT molecular complexity index is 3320. The number of nitrogens with zero attached hydrogens (tertiary/aromatic N) is 4. The number of fused-ring (bicyclic) bond motifs is 2. The van der Waals surface area contributed by atoms with Gasteiger partial charge in [0.25, 0.3) is 30.4 Å². The highest BCUT2D eigenvalue weighted by Gasteiger charge is 2.25. The Kier molecular flexibility index (Phi) is 15.5. The Morgan fingerprint density at radius 1 is 0.515 bits per heavy atom. The molecule has 0 aliphatic carbocycles. The number of nitrogens with two attached hydrogens (primary N) is 2. The van der Waals surface area contributed by atoms with Crippen LogP contribution < -0.4 is 11.5 Å². The first-order valence-corrected chi connectivity index (χ1v) is 23.5. The molecule has 0 saturated carbocycles. The van der Waals surface area contributed by atoms with Crippen molar-refractivity contribution in [2.24, 2.45) is 20.5 Å². The van der Waals surface area contributed by atoms with Gasteiger partial charge < -0.3 is 21.7 Å². The number of aromatic hydroxyl groups is 2. The second kappa shape index (κ2) is 20.5. The first-order valence-electron chi connectivity index (χ1n) is 17.0. The van der Waals surface area contributed by atoms with Gasteiger partial charge in [0.05, 0.1) is 57.3 Å². The van der Waals surface area contributed by atoms with Crippen LogP contribution in [0.1, 0.15) is 11.1 Å². The third kappa shape index (κ3) is 11.5. The van der Waals surface area contributed by atoms with Gasteiger partial charge in [-0.2, -0.15) is 35.5 Å². The van der Waals surface area contributed by atoms with Crippen molar-refractivity contribution in [1.82, 2.24) is 0 Å². The van der Waals surface area contributed by atoms with Crippen LogP contribution in [0.4, 0.5) is 34.1 Å². The SMILES string of the molecule is Nc1cc(S(=O)(=O)O)cc2cc(SOOO)c(N=Nc3ccc(C=Cc4ccc(N=Nc5c(S(=O)(=O)O)cc6cc(SOOO)cc(N)c6c5O)cc4S(=O)(=O)O)c(SOOO)c3)c(O)c12. The molecule has 26 nitrogen and oxygen atoms in total. The molecule has 0 aliphatic rings. The van der Waals surface area contributed by atoms with Crippen LogP contribution in [0.25, 0.3) is 33.7 Å². The first-order chi connectivity index (χ1) is 31.1. The molecule has 0 aromatic heterocycles. The minimum absolute atomic E-state index is 0.00412. The van der Waals surface area contributed by atoms with Crippen LogP contribution >= 0.6 is 36.1 Å². The molecule has 66 heavy (non-hydrogen) atoms. The molecule has 0 saturated heterocycles. The summed E-state index contributed by atoms with van der Waals surface area (Å²) in [7, 11) is -14.9. The van der Waals surface area contributed by atoms with Crippen molar-refractivity contribution in [2.75, 3.05) is 11.5 Å². The van der Waals surface area contributed by atoms with Crippen molar-refractivity contribution >= 4 is 134 Å². The maximum absolute atomic E-state index is 12.6. The van der Waals surface area contributed by atoms with Crippen molar-refractivity contribution < 1.29 is 93.0 Å². The fraction of sp³-hybridized carbons (Fsp3) is 0. The van der Waals surface area contributed by atoms with E-state index >= 15 is 0 Å². The predicted octanol–water partition coefficient (Wildman–Crippen LogP) is 8.59. The van der Waals surface area contributed by atoms with Gasteiger partial charge in [0.1, 0.15) is 21.2 Å². The van der Waals surface area contributed by atoms with E-state index in [1.165, 1.54) is 60.7 Å². The molecule has 0 amide bonds. The van der Waals surface area contributed by atoms with Crippen LogP contribution in [0.3, 0.4) is 0 Å². The average molecular weight is 1030 g/mol. The van der Waals surface area contributed by atoms with Crippen molar-refractivity contribution in [3.8, 4) is 11.5 Å². The molecular weight excluding hydrogens is 1000 g/mol. The van der Waals surface area contributed by atoms with Gasteiger partial charge in [0.2, 0.25) is 0 Å². The lowest BCUT2D eigenvalue weighted by Gasteiger charge is -2.12. The van der Waals surface area contributed by atoms with E-state index < -0.39 is 62.2 Å². The largest absolute Gasteiger partial charge is 0.505 e. The quantitative estimate of drug-likeness (QED) is 0.00732. The molecule has 0 unspecified atom stereocenters. The van der Waals surface area contributed by atoms with Gasteiger partial charge in [0, 0.05) is 31.9 Å². The Morgan fingerprint density at radius 2 is 1.03 bits per heavy atom. The van der Waals surface area contributed by atoms with E-state index in [0.29, 0.717) is 36.1 Å². The number of phenolic OH excluding ortho intramolecular Hbond substituents is 2. The second-order valence-corrected chi connectivity index (χ2v) is 19.1. The van der Waals surface area contributed by atoms with Gasteiger partial charge in [-0.05, 0) is 82.6 Å². The molecule has 0 fully saturated rings. The van der Waals surface area contributed by atoms with Gasteiger partial charge in [0.15, 0.2) is 11.5 Å². The monoisotopic (exact) mass is 1030 g/mol. The predicted molar refractivity (Wildman–Crippen MR) is 232 cm³/mol. The standard InChI is InChI=1S/C34H26N6O20S6/c35-23-13-21(61-58-55-43)7-17-10-28(66(52,53)54)32(34(42)29(17)23)40-38-20-6-4-16(27(12-20)65(49,50)51)2-1-15-3-5-19(11-25(15)62-59-56-44)37-39-31-26(63-60-57-45)9-18-8-22(64(46,47)48)14-24(36)30(18)33(31)41/h1-14,41-45H,35-36H2,(H,46,47,48)(H,49,50,51)(H,52,53,54). The summed E-state index contributed by atoms with van der Waals surface area (Å²) < 4.78 is 116. The zero-order valence-corrected chi connectivity index (χ0v) is 36.9. The molecule has 32 heteroatoms. The van der Waals surface area contributed by atoms with Crippen LogP contribution in [-0.4, -0.2) is 64.9 Å². The summed E-state index contributed by atoms with van der Waals surface area (Å²) in [6.07, 6.45) is 2.55. The normalized spacial score (nSPS) is 12.8. The van der Waals surface area contributed by atoms with E-state index in [1.807, 2.05) is 0 Å². The molecule has 0 aliphatic heterocycles. The highest BCUT2D eigenvalue weighted by atomic mass is 32.2. The highest BCUT2D eigenvalue weighted by molar-refractivity contribution is 7.95. The second-order valence-electron chi connectivity index (χ2n) is 12.6. The molecule has 348 valence electrons. The van der Waals surface area contributed by atoms with E-state index in [1.54, 1.807) is 0 Å². The minimum Gasteiger partial charge on any atom is -0.505 e. The molecule has 0 heterocycles. The third-order valence-corrected chi connectivity index (χ3v) is 13.0. The molecule has 0 atom stereocenters. The van der Waals surface area contributed by atoms with Gasteiger partial charge >= 0.3 is 0 Å². The Balaban J connectivity index is 1.35. The lowest BCUT2D eigenvalue weighted by atomic mass is 10.1. The molecule has 0 bridgehead atoms. The van der Waals surface area contributed by atoms with Gasteiger partial charge in [-0.3, -0.25) is 13.7 Å². The Morgan fingerprint density at radius 3 is 1.64 bits per heavy atom. The zero-order valence-electron chi connectivity index (χ0n) is 32.0. The lowest BCUT2D eigenvalue weighted by Crippen LogP contribution is -2.01. The maximum atomic E-state index is 12.6. The van der Waals surface area contributed by atoms with Gasteiger partial charge in [-0.25, -0.2) is 15.8 Å². The molecule has 6 rings (SSSR count). The maximum Gasteiger partial charge on any atom is 0.296 e. The summed E-state index contributed by atoms with van der Waals surface area (Å²) in [4.78, 5) is -2.07. The van der Waals surface area contributed by atoms with Crippen molar-refractivity contribution in [3.05, 3.63) is 83.9 Å². The van der Waals surface area contributed by atoms with Gasteiger partial charge in [-0.1, -0.05) is 39.4 Å². The molecule has 6 aromatic rings. The number of benzene rings is 6. The number of azo groups is 2. The summed E-state index contributed by atoms with van der Waals surface area (Å²) in [5.41, 5.74) is 10.3. The van der Waals surface area contributed by atoms with E-state index in [2.05, 4.69) is 48.6 Å². The zero-order chi connectivity index (χ0) is 48.1. The highest BCUT2D eigenvalue weighted by Crippen LogP contribution is 2.48. The average Bonchev–Trinajstić information content (AvgIpc) is 3.24. The topological polar surface area (TPSA) is 421 Å². The summed E-state index contributed by atoms with van der Waals surface area (Å²) >= 11 is 1.22. The van der Waals surface area contributed by atoms with Crippen molar-refractivity contribution in [3.63, 3.8) is 0 Å². The van der Waals surface area contributed by atoms with Crippen molar-refractivity contribution in [1.29, 1.82) is 0 Å². The lowest BCUT2D eigenvalue weighted by molar-refractivity contribution is -0.432. The van der Waals surface area contributed by atoms with E-state index in [4.69, 9.17) is 27.2 Å². The summed E-state index contributed by atoms with van der Waals surface area (Å²) in [6.45, 7) is 0. The van der Waals surface area contributed by atoms with Gasteiger partial charge in [-0.15, -0.1) is 23.2 Å². The minimum atomic E-state index is -5.11. The number of nitrogen functional groups attached to an aromatic ring is 2. The van der Waals surface area contributed by atoms with Crippen LogP contribution in [0, 0.1) is 0 Å². The van der Waals surface area contributed by atoms with Crippen molar-refractivity contribution in [2.45, 2.75) is 29.4 Å². The van der Waals surface area contributed by atoms with E-state index in [-0.39, 0.29) is 75.8 Å². The van der Waals surface area contributed by atoms with E-state index in [0.717, 1.165) is 24.3 Å². The van der Waals surface area contributed by atoms with Crippen LogP contribution in [0.2, 0.25) is 0 Å². The van der Waals surface area contributed by atoms with Crippen LogP contribution in [-0.2, 0) is 58.5 Å². The molecule has 12 N–H and O–H groups in total. The number of phenols is 2. The van der Waals surface area contributed by atoms with E-state index in [9.17, 15) is 49.1 Å². The van der Waals surface area contributed by atoms with Crippen LogP contribution in [0.15, 0.2) is 123 Å². The molecule has 0 radical (unpaired) electrons. The Labute approximate surface area is 382 Å². The molecule has 0 spiro atoms. The summed E-state index contributed by atoms with van der Waals surface area (Å²) in [5.74, 6) is -1.49. The third-order valence-electron chi connectivity index (χ3n) is 8.60. The Hall–Kier alpha value is -5.60. The van der Waals surface area contributed by atoms with Crippen LogP contribution in [0.5, 0.6) is 11.5 Å². The summed E-state index contributed by atoms with van der Waals surface area (Å²) in [5, 5.41) is 74.6. The molecular formula is C34H26N6O20S6.